The van der Waals surface area contributed by atoms with Crippen LogP contribution in [0.25, 0.3) is 11.3 Å². The first-order valence-corrected chi connectivity index (χ1v) is 5.06. The number of imidazole rings is 1. The van der Waals surface area contributed by atoms with Gasteiger partial charge in [0.1, 0.15) is 0 Å². The second kappa shape index (κ2) is 4.28. The Balaban J connectivity index is 2.25. The molecule has 0 aromatic carbocycles. The van der Waals surface area contributed by atoms with Gasteiger partial charge in [-0.05, 0) is 12.1 Å². The number of aryl methyl sites for hydroxylation is 1. The van der Waals surface area contributed by atoms with Crippen molar-refractivity contribution in [3.05, 3.63) is 37.1 Å². The Morgan fingerprint density at radius 3 is 3.07 bits per heavy atom. The Bertz CT molecular complexity index is 397. The van der Waals surface area contributed by atoms with Gasteiger partial charge in [0.05, 0.1) is 12.0 Å². The lowest BCUT2D eigenvalue weighted by Crippen LogP contribution is -1.94. The first kappa shape index (κ1) is 9.27. The van der Waals surface area contributed by atoms with E-state index < -0.39 is 0 Å². The van der Waals surface area contributed by atoms with Crippen molar-refractivity contribution < 1.29 is 0 Å². The van der Waals surface area contributed by atoms with E-state index >= 15 is 0 Å². The summed E-state index contributed by atoms with van der Waals surface area (Å²) in [4.78, 5) is 8.35. The van der Waals surface area contributed by atoms with Gasteiger partial charge < -0.3 is 4.57 Å². The van der Waals surface area contributed by atoms with E-state index in [-0.39, 0.29) is 0 Å². The molecule has 0 aliphatic carbocycles. The number of hydrogen-bond donors (Lipinski definition) is 1. The van der Waals surface area contributed by atoms with Crippen molar-refractivity contribution in [1.82, 2.24) is 14.5 Å². The average molecular weight is 205 g/mol. The van der Waals surface area contributed by atoms with Crippen molar-refractivity contribution in [2.24, 2.45) is 0 Å². The Hall–Kier alpha value is -1.29. The molecule has 3 nitrogen and oxygen atoms in total. The monoisotopic (exact) mass is 205 g/mol. The third kappa shape index (κ3) is 1.96. The molecule has 4 heteroatoms. The molecule has 14 heavy (non-hydrogen) atoms. The molecule has 0 atom stereocenters. The molecule has 0 fully saturated rings. The van der Waals surface area contributed by atoms with E-state index in [9.17, 15) is 0 Å². The fraction of sp³-hybridized carbons (Fsp3) is 0.200. The Labute approximate surface area is 88.2 Å². The standard InChI is InChI=1S/C10H11N3S/c14-5-4-13-7-10(12-8-13)9-2-1-3-11-6-9/h1-3,6-8,14H,4-5H2. The highest BCUT2D eigenvalue weighted by Crippen LogP contribution is 2.14. The van der Waals surface area contributed by atoms with Crippen LogP contribution in [-0.2, 0) is 6.54 Å². The minimum Gasteiger partial charge on any atom is -0.336 e. The topological polar surface area (TPSA) is 30.7 Å². The number of aromatic nitrogens is 3. The molecular weight excluding hydrogens is 194 g/mol. The van der Waals surface area contributed by atoms with E-state index in [1.54, 1.807) is 6.20 Å². The molecule has 0 N–H and O–H groups in total. The number of thiol groups is 1. The van der Waals surface area contributed by atoms with Crippen LogP contribution in [0.2, 0.25) is 0 Å². The van der Waals surface area contributed by atoms with Crippen LogP contribution in [-0.4, -0.2) is 20.3 Å². The molecule has 0 bridgehead atoms. The molecule has 72 valence electrons. The normalized spacial score (nSPS) is 10.4. The Kier molecular flexibility index (Phi) is 2.84. The lowest BCUT2D eigenvalue weighted by molar-refractivity contribution is 0.772. The maximum atomic E-state index is 4.29. The highest BCUT2D eigenvalue weighted by atomic mass is 32.1. The quantitative estimate of drug-likeness (QED) is 0.775. The molecule has 0 saturated carbocycles. The number of rotatable bonds is 3. The zero-order valence-electron chi connectivity index (χ0n) is 7.67. The van der Waals surface area contributed by atoms with Crippen molar-refractivity contribution in [1.29, 1.82) is 0 Å². The second-order valence-corrected chi connectivity index (χ2v) is 3.41. The first-order chi connectivity index (χ1) is 6.90. The van der Waals surface area contributed by atoms with Gasteiger partial charge in [0, 0.05) is 36.5 Å². The zero-order valence-corrected chi connectivity index (χ0v) is 8.56. The summed E-state index contributed by atoms with van der Waals surface area (Å²) >= 11 is 4.17. The van der Waals surface area contributed by atoms with Gasteiger partial charge in [0.15, 0.2) is 0 Å². The fourth-order valence-corrected chi connectivity index (χ4v) is 1.49. The number of pyridine rings is 1. The lowest BCUT2D eigenvalue weighted by atomic mass is 10.2. The van der Waals surface area contributed by atoms with E-state index in [1.807, 2.05) is 35.4 Å². The molecular formula is C10H11N3S. The summed E-state index contributed by atoms with van der Waals surface area (Å²) in [5, 5.41) is 0. The van der Waals surface area contributed by atoms with Crippen molar-refractivity contribution >= 4 is 12.6 Å². The zero-order chi connectivity index (χ0) is 9.80. The molecule has 0 spiro atoms. The Morgan fingerprint density at radius 1 is 1.43 bits per heavy atom. The molecule has 0 saturated heterocycles. The smallest absolute Gasteiger partial charge is 0.0954 e. The number of nitrogens with zero attached hydrogens (tertiary/aromatic N) is 3. The second-order valence-electron chi connectivity index (χ2n) is 2.96. The minimum atomic E-state index is 0.822. The van der Waals surface area contributed by atoms with Gasteiger partial charge in [-0.15, -0.1) is 0 Å². The summed E-state index contributed by atoms with van der Waals surface area (Å²) in [7, 11) is 0. The molecule has 2 heterocycles. The fourth-order valence-electron chi connectivity index (χ4n) is 1.26. The Morgan fingerprint density at radius 2 is 2.36 bits per heavy atom. The van der Waals surface area contributed by atoms with E-state index in [2.05, 4.69) is 22.6 Å². The van der Waals surface area contributed by atoms with Gasteiger partial charge in [-0.2, -0.15) is 12.6 Å². The highest BCUT2D eigenvalue weighted by molar-refractivity contribution is 7.80. The van der Waals surface area contributed by atoms with Crippen molar-refractivity contribution in [2.45, 2.75) is 6.54 Å². The maximum absolute atomic E-state index is 4.29. The van der Waals surface area contributed by atoms with Crippen molar-refractivity contribution in [3.8, 4) is 11.3 Å². The molecule has 0 radical (unpaired) electrons. The average Bonchev–Trinajstić information content (AvgIpc) is 2.68. The van der Waals surface area contributed by atoms with Crippen LogP contribution < -0.4 is 0 Å². The van der Waals surface area contributed by atoms with Crippen molar-refractivity contribution in [2.75, 3.05) is 5.75 Å². The summed E-state index contributed by atoms with van der Waals surface area (Å²) in [5.41, 5.74) is 2.00. The van der Waals surface area contributed by atoms with Gasteiger partial charge in [0.25, 0.3) is 0 Å². The van der Waals surface area contributed by atoms with Gasteiger partial charge >= 0.3 is 0 Å². The van der Waals surface area contributed by atoms with Crippen LogP contribution >= 0.6 is 12.6 Å². The predicted octanol–water partition coefficient (Wildman–Crippen LogP) is 1.87. The molecule has 0 unspecified atom stereocenters. The summed E-state index contributed by atoms with van der Waals surface area (Å²) < 4.78 is 2.02. The van der Waals surface area contributed by atoms with E-state index in [0.29, 0.717) is 0 Å². The van der Waals surface area contributed by atoms with Gasteiger partial charge in [-0.25, -0.2) is 4.98 Å². The van der Waals surface area contributed by atoms with Gasteiger partial charge in [-0.3, -0.25) is 4.98 Å². The van der Waals surface area contributed by atoms with Crippen molar-refractivity contribution in [3.63, 3.8) is 0 Å². The third-order valence-electron chi connectivity index (χ3n) is 1.95. The van der Waals surface area contributed by atoms with E-state index in [4.69, 9.17) is 0 Å². The molecule has 0 aliphatic rings. The van der Waals surface area contributed by atoms with Crippen LogP contribution in [0.5, 0.6) is 0 Å². The molecule has 0 aliphatic heterocycles. The van der Waals surface area contributed by atoms with Crippen LogP contribution in [0.4, 0.5) is 0 Å². The predicted molar refractivity (Wildman–Crippen MR) is 59.3 cm³/mol. The summed E-state index contributed by atoms with van der Waals surface area (Å²) in [6, 6.07) is 3.91. The van der Waals surface area contributed by atoms with Gasteiger partial charge in [0.2, 0.25) is 0 Å². The first-order valence-electron chi connectivity index (χ1n) is 4.43. The third-order valence-corrected chi connectivity index (χ3v) is 2.15. The van der Waals surface area contributed by atoms with E-state index in [0.717, 1.165) is 23.6 Å². The molecule has 2 rings (SSSR count). The van der Waals surface area contributed by atoms with Crippen LogP contribution in [0.15, 0.2) is 37.1 Å². The minimum absolute atomic E-state index is 0.822. The SMILES string of the molecule is SCCn1cnc(-c2cccnc2)c1. The highest BCUT2D eigenvalue weighted by Gasteiger charge is 2.00. The molecule has 0 amide bonds. The van der Waals surface area contributed by atoms with E-state index in [1.165, 1.54) is 0 Å². The number of hydrogen-bond acceptors (Lipinski definition) is 3. The van der Waals surface area contributed by atoms with Crippen LogP contribution in [0.1, 0.15) is 0 Å². The lowest BCUT2D eigenvalue weighted by Gasteiger charge is -1.95. The molecule has 2 aromatic rings. The summed E-state index contributed by atoms with van der Waals surface area (Å²) in [5.74, 6) is 0.822. The summed E-state index contributed by atoms with van der Waals surface area (Å²) in [6.07, 6.45) is 7.40. The molecule has 2 aromatic heterocycles. The maximum Gasteiger partial charge on any atom is 0.0954 e. The largest absolute Gasteiger partial charge is 0.336 e. The van der Waals surface area contributed by atoms with Crippen LogP contribution in [0, 0.1) is 0 Å². The van der Waals surface area contributed by atoms with Crippen LogP contribution in [0.3, 0.4) is 0 Å². The summed E-state index contributed by atoms with van der Waals surface area (Å²) in [6.45, 7) is 0.885. The van der Waals surface area contributed by atoms with Gasteiger partial charge in [-0.1, -0.05) is 0 Å².